The molecular formula is C13H28N2O2. The maximum Gasteiger partial charge on any atom is 0.410 e. The number of likely N-dealkylation sites (N-methyl/N-ethyl adjacent to an activating group) is 1. The van der Waals surface area contributed by atoms with Gasteiger partial charge in [0.25, 0.3) is 0 Å². The fourth-order valence-corrected chi connectivity index (χ4v) is 1.48. The number of nitrogens with two attached hydrogens (primary N) is 1. The van der Waals surface area contributed by atoms with Gasteiger partial charge in [-0.3, -0.25) is 0 Å². The van der Waals surface area contributed by atoms with Crippen molar-refractivity contribution in [3.63, 3.8) is 0 Å². The standard InChI is InChI=1S/C13H28N2O2/c1-10(2)7-8-11(9-14)15(6)12(16)17-13(3,4)5/h10-11H,7-9,14H2,1-6H3. The van der Waals surface area contributed by atoms with E-state index in [-0.39, 0.29) is 12.1 Å². The van der Waals surface area contributed by atoms with Crippen LogP contribution in [0.5, 0.6) is 0 Å². The van der Waals surface area contributed by atoms with Crippen LogP contribution in [0.15, 0.2) is 0 Å². The highest BCUT2D eigenvalue weighted by Gasteiger charge is 2.24. The topological polar surface area (TPSA) is 55.6 Å². The van der Waals surface area contributed by atoms with E-state index in [1.807, 2.05) is 20.8 Å². The summed E-state index contributed by atoms with van der Waals surface area (Å²) in [5.41, 5.74) is 5.26. The van der Waals surface area contributed by atoms with Gasteiger partial charge in [-0.1, -0.05) is 13.8 Å². The van der Waals surface area contributed by atoms with E-state index >= 15 is 0 Å². The number of nitrogens with zero attached hydrogens (tertiary/aromatic N) is 1. The van der Waals surface area contributed by atoms with Gasteiger partial charge in [-0.2, -0.15) is 0 Å². The van der Waals surface area contributed by atoms with Crippen LogP contribution in [0.25, 0.3) is 0 Å². The first-order chi connectivity index (χ1) is 7.67. The Bertz CT molecular complexity index is 234. The zero-order valence-corrected chi connectivity index (χ0v) is 12.1. The van der Waals surface area contributed by atoms with Crippen molar-refractivity contribution in [2.45, 2.75) is 59.1 Å². The lowest BCUT2D eigenvalue weighted by molar-refractivity contribution is 0.0217. The van der Waals surface area contributed by atoms with Gasteiger partial charge in [0.2, 0.25) is 0 Å². The highest BCUT2D eigenvalue weighted by molar-refractivity contribution is 5.68. The molecule has 0 aromatic rings. The van der Waals surface area contributed by atoms with Crippen LogP contribution in [-0.2, 0) is 4.74 Å². The van der Waals surface area contributed by atoms with Gasteiger partial charge >= 0.3 is 6.09 Å². The third-order valence-electron chi connectivity index (χ3n) is 2.58. The molecule has 1 amide bonds. The Morgan fingerprint density at radius 1 is 1.29 bits per heavy atom. The zero-order chi connectivity index (χ0) is 13.6. The first kappa shape index (κ1) is 16.2. The summed E-state index contributed by atoms with van der Waals surface area (Å²) in [5, 5.41) is 0. The van der Waals surface area contributed by atoms with Crippen molar-refractivity contribution >= 4 is 6.09 Å². The quantitative estimate of drug-likeness (QED) is 0.808. The largest absolute Gasteiger partial charge is 0.444 e. The molecule has 0 fully saturated rings. The molecule has 0 bridgehead atoms. The Balaban J connectivity index is 4.32. The van der Waals surface area contributed by atoms with Crippen LogP contribution in [-0.4, -0.2) is 36.2 Å². The molecule has 2 N–H and O–H groups in total. The predicted octanol–water partition coefficient (Wildman–Crippen LogP) is 2.62. The Kier molecular flexibility index (Phi) is 6.53. The summed E-state index contributed by atoms with van der Waals surface area (Å²) in [7, 11) is 1.76. The number of rotatable bonds is 5. The van der Waals surface area contributed by atoms with Crippen LogP contribution in [0, 0.1) is 5.92 Å². The van der Waals surface area contributed by atoms with Crippen LogP contribution < -0.4 is 5.73 Å². The van der Waals surface area contributed by atoms with Gasteiger partial charge in [0.15, 0.2) is 0 Å². The summed E-state index contributed by atoms with van der Waals surface area (Å²) in [6.07, 6.45) is 1.69. The molecule has 4 heteroatoms. The van der Waals surface area contributed by atoms with Crippen molar-refractivity contribution < 1.29 is 9.53 Å². The third-order valence-corrected chi connectivity index (χ3v) is 2.58. The van der Waals surface area contributed by atoms with Crippen molar-refractivity contribution in [1.29, 1.82) is 0 Å². The Hall–Kier alpha value is -0.770. The van der Waals surface area contributed by atoms with Crippen molar-refractivity contribution in [3.8, 4) is 0 Å². The van der Waals surface area contributed by atoms with Gasteiger partial charge in [-0.15, -0.1) is 0 Å². The van der Waals surface area contributed by atoms with Crippen LogP contribution in [0.3, 0.4) is 0 Å². The molecular weight excluding hydrogens is 216 g/mol. The number of hydrogen-bond donors (Lipinski definition) is 1. The average molecular weight is 244 g/mol. The van der Waals surface area contributed by atoms with E-state index in [1.165, 1.54) is 0 Å². The number of hydrogen-bond acceptors (Lipinski definition) is 3. The third kappa shape index (κ3) is 7.21. The van der Waals surface area contributed by atoms with Crippen LogP contribution in [0.4, 0.5) is 4.79 Å². The molecule has 0 heterocycles. The summed E-state index contributed by atoms with van der Waals surface area (Å²) in [5.74, 6) is 0.621. The van der Waals surface area contributed by atoms with Crippen molar-refractivity contribution in [1.82, 2.24) is 4.90 Å². The van der Waals surface area contributed by atoms with E-state index in [0.717, 1.165) is 12.8 Å². The maximum atomic E-state index is 11.9. The minimum atomic E-state index is -0.456. The number of carbonyl (C=O) groups is 1. The molecule has 1 atom stereocenters. The fourth-order valence-electron chi connectivity index (χ4n) is 1.48. The van der Waals surface area contributed by atoms with E-state index in [1.54, 1.807) is 11.9 Å². The van der Waals surface area contributed by atoms with Crippen LogP contribution >= 0.6 is 0 Å². The van der Waals surface area contributed by atoms with E-state index in [0.29, 0.717) is 12.5 Å². The highest BCUT2D eigenvalue weighted by Crippen LogP contribution is 2.14. The molecule has 0 aliphatic rings. The smallest absolute Gasteiger partial charge is 0.410 e. The first-order valence-corrected chi connectivity index (χ1v) is 6.33. The lowest BCUT2D eigenvalue weighted by Crippen LogP contribution is -2.44. The Morgan fingerprint density at radius 3 is 2.18 bits per heavy atom. The molecule has 0 rings (SSSR count). The number of carbonyl (C=O) groups excluding carboxylic acids is 1. The predicted molar refractivity (Wildman–Crippen MR) is 70.9 cm³/mol. The van der Waals surface area contributed by atoms with Gasteiger partial charge in [0.05, 0.1) is 0 Å². The SMILES string of the molecule is CC(C)CCC(CN)N(C)C(=O)OC(C)(C)C. The fraction of sp³-hybridized carbons (Fsp3) is 0.923. The molecule has 0 aromatic heterocycles. The molecule has 0 spiro atoms. The molecule has 0 saturated heterocycles. The van der Waals surface area contributed by atoms with Gasteiger partial charge in [-0.25, -0.2) is 4.79 Å². The van der Waals surface area contributed by atoms with Crippen molar-refractivity contribution in [3.05, 3.63) is 0 Å². The maximum absolute atomic E-state index is 11.9. The highest BCUT2D eigenvalue weighted by atomic mass is 16.6. The summed E-state index contributed by atoms with van der Waals surface area (Å²) < 4.78 is 5.32. The van der Waals surface area contributed by atoms with Gasteiger partial charge < -0.3 is 15.4 Å². The Morgan fingerprint density at radius 2 is 1.82 bits per heavy atom. The number of amides is 1. The average Bonchev–Trinajstić information content (AvgIpc) is 2.15. The minimum absolute atomic E-state index is 0.0623. The second-order valence-corrected chi connectivity index (χ2v) is 5.95. The minimum Gasteiger partial charge on any atom is -0.444 e. The molecule has 0 aliphatic carbocycles. The molecule has 0 saturated carbocycles. The molecule has 0 radical (unpaired) electrons. The second-order valence-electron chi connectivity index (χ2n) is 5.95. The summed E-state index contributed by atoms with van der Waals surface area (Å²) in [4.78, 5) is 13.5. The lowest BCUT2D eigenvalue weighted by atomic mass is 10.0. The molecule has 102 valence electrons. The van der Waals surface area contributed by atoms with Gasteiger partial charge in [0.1, 0.15) is 5.60 Å². The molecule has 0 aliphatic heterocycles. The van der Waals surface area contributed by atoms with E-state index in [4.69, 9.17) is 10.5 Å². The van der Waals surface area contributed by atoms with E-state index in [2.05, 4.69) is 13.8 Å². The molecule has 0 aromatic carbocycles. The van der Waals surface area contributed by atoms with Gasteiger partial charge in [-0.05, 0) is 39.5 Å². The normalized spacial score (nSPS) is 13.6. The van der Waals surface area contributed by atoms with Crippen LogP contribution in [0.2, 0.25) is 0 Å². The van der Waals surface area contributed by atoms with Crippen molar-refractivity contribution in [2.24, 2.45) is 11.7 Å². The van der Waals surface area contributed by atoms with E-state index in [9.17, 15) is 4.79 Å². The van der Waals surface area contributed by atoms with E-state index < -0.39 is 5.60 Å². The molecule has 4 nitrogen and oxygen atoms in total. The number of ether oxygens (including phenoxy) is 1. The van der Waals surface area contributed by atoms with Crippen molar-refractivity contribution in [2.75, 3.05) is 13.6 Å². The van der Waals surface area contributed by atoms with Gasteiger partial charge in [0, 0.05) is 19.6 Å². The monoisotopic (exact) mass is 244 g/mol. The Labute approximate surface area is 105 Å². The summed E-state index contributed by atoms with van der Waals surface area (Å²) in [6.45, 7) is 10.4. The molecule has 1 unspecified atom stereocenters. The summed E-state index contributed by atoms with van der Waals surface area (Å²) >= 11 is 0. The second kappa shape index (κ2) is 6.84. The zero-order valence-electron chi connectivity index (χ0n) is 12.1. The van der Waals surface area contributed by atoms with Crippen LogP contribution in [0.1, 0.15) is 47.5 Å². The molecule has 17 heavy (non-hydrogen) atoms. The first-order valence-electron chi connectivity index (χ1n) is 6.33. The summed E-state index contributed by atoms with van der Waals surface area (Å²) in [6, 6.07) is 0.0623. The lowest BCUT2D eigenvalue weighted by Gasteiger charge is -2.30.